The predicted octanol–water partition coefficient (Wildman–Crippen LogP) is 2.54. The largest absolute Gasteiger partial charge is 0.388 e. The average molecular weight is 209 g/mol. The van der Waals surface area contributed by atoms with E-state index in [0.717, 1.165) is 5.56 Å². The van der Waals surface area contributed by atoms with Crippen LogP contribution in [0.2, 0.25) is 0 Å². The Bertz CT molecular complexity index is 339. The van der Waals surface area contributed by atoms with Crippen LogP contribution in [-0.2, 0) is 0 Å². The van der Waals surface area contributed by atoms with Gasteiger partial charge in [0.25, 0.3) is 0 Å². The molecule has 15 heavy (non-hydrogen) atoms. The number of hydrogen-bond acceptors (Lipinski definition) is 2. The number of rotatable bonds is 4. The molecule has 0 aromatic carbocycles. The van der Waals surface area contributed by atoms with Crippen LogP contribution in [0.15, 0.2) is 12.3 Å². The number of carbonyl (C=O) groups excluding carboxylic acids is 1. The molecule has 1 aromatic rings. The number of ketones is 1. The van der Waals surface area contributed by atoms with Crippen LogP contribution >= 0.6 is 0 Å². The highest BCUT2D eigenvalue weighted by molar-refractivity contribution is 5.95. The maximum atomic E-state index is 11.6. The lowest BCUT2D eigenvalue weighted by molar-refractivity contribution is 0.0934. The molecular weight excluding hydrogens is 190 g/mol. The number of aliphatic hydroxyl groups is 1. The number of nitrogens with one attached hydrogen (secondary N) is 1. The molecule has 0 spiro atoms. The molecule has 3 heteroatoms. The van der Waals surface area contributed by atoms with Gasteiger partial charge in [-0.3, -0.25) is 4.79 Å². The summed E-state index contributed by atoms with van der Waals surface area (Å²) in [4.78, 5) is 14.6. The molecule has 1 rings (SSSR count). The van der Waals surface area contributed by atoms with Crippen molar-refractivity contribution in [3.05, 3.63) is 23.5 Å². The Morgan fingerprint density at radius 2 is 1.93 bits per heavy atom. The van der Waals surface area contributed by atoms with E-state index in [1.165, 1.54) is 0 Å². The van der Waals surface area contributed by atoms with Gasteiger partial charge in [0.2, 0.25) is 0 Å². The lowest BCUT2D eigenvalue weighted by Crippen LogP contribution is -2.07. The first kappa shape index (κ1) is 12.0. The third kappa shape index (κ3) is 2.69. The summed E-state index contributed by atoms with van der Waals surface area (Å²) in [5.74, 6) is 0.215. The Balaban J connectivity index is 2.85. The van der Waals surface area contributed by atoms with E-state index in [1.807, 2.05) is 27.7 Å². The Hall–Kier alpha value is -1.09. The summed E-state index contributed by atoms with van der Waals surface area (Å²) >= 11 is 0. The summed E-state index contributed by atoms with van der Waals surface area (Å²) in [6, 6.07) is 1.74. The van der Waals surface area contributed by atoms with Gasteiger partial charge in [0, 0.05) is 12.1 Å². The van der Waals surface area contributed by atoms with E-state index < -0.39 is 6.10 Å². The van der Waals surface area contributed by atoms with E-state index in [-0.39, 0.29) is 17.6 Å². The summed E-state index contributed by atoms with van der Waals surface area (Å²) in [5.41, 5.74) is 1.37. The van der Waals surface area contributed by atoms with Gasteiger partial charge < -0.3 is 10.1 Å². The summed E-state index contributed by atoms with van der Waals surface area (Å²) in [6.45, 7) is 7.62. The van der Waals surface area contributed by atoms with Crippen LogP contribution in [0.1, 0.15) is 49.9 Å². The van der Waals surface area contributed by atoms with Crippen LogP contribution in [0.3, 0.4) is 0 Å². The molecule has 0 saturated carbocycles. The summed E-state index contributed by atoms with van der Waals surface area (Å²) in [7, 11) is 0. The first-order valence-electron chi connectivity index (χ1n) is 5.34. The quantitative estimate of drug-likeness (QED) is 0.749. The minimum atomic E-state index is -0.505. The summed E-state index contributed by atoms with van der Waals surface area (Å²) < 4.78 is 0. The predicted molar refractivity (Wildman–Crippen MR) is 59.8 cm³/mol. The zero-order chi connectivity index (χ0) is 11.6. The fourth-order valence-corrected chi connectivity index (χ4v) is 1.42. The molecule has 2 N–H and O–H groups in total. The molecule has 1 heterocycles. The van der Waals surface area contributed by atoms with Gasteiger partial charge in [-0.2, -0.15) is 0 Å². The van der Waals surface area contributed by atoms with E-state index in [1.54, 1.807) is 12.3 Å². The molecule has 0 aliphatic carbocycles. The lowest BCUT2D eigenvalue weighted by Gasteiger charge is -2.11. The zero-order valence-electron chi connectivity index (χ0n) is 9.74. The zero-order valence-corrected chi connectivity index (χ0v) is 9.74. The molecule has 0 aliphatic rings. The molecule has 0 saturated heterocycles. The van der Waals surface area contributed by atoms with E-state index in [9.17, 15) is 9.90 Å². The van der Waals surface area contributed by atoms with Crippen molar-refractivity contribution < 1.29 is 9.90 Å². The van der Waals surface area contributed by atoms with Crippen molar-refractivity contribution in [2.45, 2.75) is 33.8 Å². The van der Waals surface area contributed by atoms with Crippen LogP contribution in [-0.4, -0.2) is 15.9 Å². The average Bonchev–Trinajstić information content (AvgIpc) is 2.63. The maximum Gasteiger partial charge on any atom is 0.181 e. The molecule has 0 fully saturated rings. The molecule has 0 bridgehead atoms. The van der Waals surface area contributed by atoms with Crippen LogP contribution in [0.25, 0.3) is 0 Å². The van der Waals surface area contributed by atoms with Crippen molar-refractivity contribution in [1.29, 1.82) is 0 Å². The first-order valence-corrected chi connectivity index (χ1v) is 5.34. The number of Topliss-reactive ketones (excluding diaryl/α,β-unsaturated/α-hetero) is 1. The number of aliphatic hydroxyl groups excluding tert-OH is 1. The van der Waals surface area contributed by atoms with Gasteiger partial charge >= 0.3 is 0 Å². The van der Waals surface area contributed by atoms with E-state index in [4.69, 9.17) is 0 Å². The summed E-state index contributed by atoms with van der Waals surface area (Å²) in [5, 5.41) is 9.80. The van der Waals surface area contributed by atoms with Gasteiger partial charge in [0.1, 0.15) is 0 Å². The van der Waals surface area contributed by atoms with Crippen LogP contribution < -0.4 is 0 Å². The highest BCUT2D eigenvalue weighted by Crippen LogP contribution is 2.22. The molecule has 0 radical (unpaired) electrons. The van der Waals surface area contributed by atoms with Crippen molar-refractivity contribution in [1.82, 2.24) is 4.98 Å². The second-order valence-corrected chi connectivity index (χ2v) is 4.55. The SMILES string of the molecule is CC(C)C(=O)c1cc(C(O)C(C)C)c[nH]1. The maximum absolute atomic E-state index is 11.6. The molecule has 1 atom stereocenters. The van der Waals surface area contributed by atoms with Gasteiger partial charge in [-0.15, -0.1) is 0 Å². The second-order valence-electron chi connectivity index (χ2n) is 4.55. The van der Waals surface area contributed by atoms with E-state index in [2.05, 4.69) is 4.98 Å². The topological polar surface area (TPSA) is 53.1 Å². The number of aromatic amines is 1. The van der Waals surface area contributed by atoms with Crippen LogP contribution in [0.5, 0.6) is 0 Å². The third-order valence-corrected chi connectivity index (χ3v) is 2.47. The van der Waals surface area contributed by atoms with Crippen LogP contribution in [0.4, 0.5) is 0 Å². The molecule has 0 aliphatic heterocycles. The van der Waals surface area contributed by atoms with Crippen molar-refractivity contribution in [2.24, 2.45) is 11.8 Å². The number of carbonyl (C=O) groups is 1. The van der Waals surface area contributed by atoms with Gasteiger partial charge in [-0.05, 0) is 17.5 Å². The molecule has 1 aromatic heterocycles. The molecular formula is C12H19NO2. The Labute approximate surface area is 90.5 Å². The minimum absolute atomic E-state index is 0.0207. The number of aromatic nitrogens is 1. The third-order valence-electron chi connectivity index (χ3n) is 2.47. The Kier molecular flexibility index (Phi) is 3.69. The van der Waals surface area contributed by atoms with E-state index in [0.29, 0.717) is 5.69 Å². The van der Waals surface area contributed by atoms with Crippen molar-refractivity contribution >= 4 is 5.78 Å². The van der Waals surface area contributed by atoms with Crippen molar-refractivity contribution in [3.8, 4) is 0 Å². The smallest absolute Gasteiger partial charge is 0.181 e. The fourth-order valence-electron chi connectivity index (χ4n) is 1.42. The van der Waals surface area contributed by atoms with Gasteiger partial charge in [-0.1, -0.05) is 27.7 Å². The standard InChI is InChI=1S/C12H19NO2/c1-7(2)11(14)9-5-10(13-6-9)12(15)8(3)4/h5-8,11,13-14H,1-4H3. The monoisotopic (exact) mass is 209 g/mol. The Morgan fingerprint density at radius 1 is 1.33 bits per heavy atom. The molecule has 0 amide bonds. The van der Waals surface area contributed by atoms with E-state index >= 15 is 0 Å². The number of H-pyrrole nitrogens is 1. The van der Waals surface area contributed by atoms with Gasteiger partial charge in [0.05, 0.1) is 11.8 Å². The molecule has 1 unspecified atom stereocenters. The summed E-state index contributed by atoms with van der Waals surface area (Å²) in [6.07, 6.45) is 1.20. The fraction of sp³-hybridized carbons (Fsp3) is 0.583. The van der Waals surface area contributed by atoms with Crippen LogP contribution in [0, 0.1) is 11.8 Å². The van der Waals surface area contributed by atoms with Crippen molar-refractivity contribution in [3.63, 3.8) is 0 Å². The second kappa shape index (κ2) is 4.62. The lowest BCUT2D eigenvalue weighted by atomic mass is 10.0. The van der Waals surface area contributed by atoms with Crippen molar-refractivity contribution in [2.75, 3.05) is 0 Å². The first-order chi connectivity index (χ1) is 6.93. The van der Waals surface area contributed by atoms with Gasteiger partial charge in [-0.25, -0.2) is 0 Å². The normalized spacial score (nSPS) is 13.5. The molecule has 84 valence electrons. The van der Waals surface area contributed by atoms with Gasteiger partial charge in [0.15, 0.2) is 5.78 Å². The number of hydrogen-bond donors (Lipinski definition) is 2. The highest BCUT2D eigenvalue weighted by Gasteiger charge is 2.17. The minimum Gasteiger partial charge on any atom is -0.388 e. The molecule has 3 nitrogen and oxygen atoms in total. The highest BCUT2D eigenvalue weighted by atomic mass is 16.3. The Morgan fingerprint density at radius 3 is 2.40 bits per heavy atom.